The predicted molar refractivity (Wildman–Crippen MR) is 97.7 cm³/mol. The minimum absolute atomic E-state index is 0.143. The molecule has 2 fully saturated rings. The van der Waals surface area contributed by atoms with Crippen LogP contribution in [0.5, 0.6) is 0 Å². The standard InChI is InChI=1S/C20H31N3O/c21-18-8-4-7-17(15-18)20(24)22-19-10-13-23(14-11-19)12-9-16-5-2-1-3-6-16/h1-3,5-6,17-19H,4,7-15,21H2,(H,22,24). The molecule has 2 aliphatic rings. The van der Waals surface area contributed by atoms with Crippen LogP contribution in [0.1, 0.15) is 44.1 Å². The lowest BCUT2D eigenvalue weighted by atomic mass is 9.85. The summed E-state index contributed by atoms with van der Waals surface area (Å²) in [5.74, 6) is 0.387. The van der Waals surface area contributed by atoms with E-state index in [0.717, 1.165) is 64.6 Å². The van der Waals surface area contributed by atoms with Gasteiger partial charge >= 0.3 is 0 Å². The van der Waals surface area contributed by atoms with Crippen molar-refractivity contribution in [2.24, 2.45) is 11.7 Å². The largest absolute Gasteiger partial charge is 0.353 e. The van der Waals surface area contributed by atoms with Crippen LogP contribution in [0.15, 0.2) is 30.3 Å². The van der Waals surface area contributed by atoms with Crippen LogP contribution in [0.4, 0.5) is 0 Å². The van der Waals surface area contributed by atoms with Crippen molar-refractivity contribution in [3.8, 4) is 0 Å². The van der Waals surface area contributed by atoms with Gasteiger partial charge in [0.1, 0.15) is 0 Å². The number of carbonyl (C=O) groups is 1. The van der Waals surface area contributed by atoms with Gasteiger partial charge < -0.3 is 16.0 Å². The van der Waals surface area contributed by atoms with Gasteiger partial charge in [0.2, 0.25) is 5.91 Å². The van der Waals surface area contributed by atoms with E-state index < -0.39 is 0 Å². The molecular weight excluding hydrogens is 298 g/mol. The van der Waals surface area contributed by atoms with E-state index in [1.54, 1.807) is 0 Å². The van der Waals surface area contributed by atoms with Crippen molar-refractivity contribution in [2.75, 3.05) is 19.6 Å². The first-order valence-electron chi connectivity index (χ1n) is 9.53. The highest BCUT2D eigenvalue weighted by molar-refractivity contribution is 5.79. The lowest BCUT2D eigenvalue weighted by molar-refractivity contribution is -0.127. The first kappa shape index (κ1) is 17.4. The van der Waals surface area contributed by atoms with Gasteiger partial charge in [-0.15, -0.1) is 0 Å². The first-order chi connectivity index (χ1) is 11.7. The number of piperidine rings is 1. The molecule has 0 radical (unpaired) electrons. The maximum Gasteiger partial charge on any atom is 0.223 e. The Morgan fingerprint density at radius 2 is 1.88 bits per heavy atom. The third kappa shape index (κ3) is 5.05. The fraction of sp³-hybridized carbons (Fsp3) is 0.650. The van der Waals surface area contributed by atoms with E-state index in [1.807, 2.05) is 0 Å². The molecule has 24 heavy (non-hydrogen) atoms. The molecule has 4 heteroatoms. The Hall–Kier alpha value is -1.39. The molecule has 1 heterocycles. The number of rotatable bonds is 5. The molecule has 4 nitrogen and oxygen atoms in total. The normalized spacial score (nSPS) is 26.2. The predicted octanol–water partition coefficient (Wildman–Crippen LogP) is 2.33. The van der Waals surface area contributed by atoms with E-state index in [2.05, 4.69) is 40.5 Å². The molecule has 1 amide bonds. The molecule has 0 spiro atoms. The summed E-state index contributed by atoms with van der Waals surface area (Å²) in [5.41, 5.74) is 7.41. The maximum absolute atomic E-state index is 12.4. The molecule has 0 bridgehead atoms. The van der Waals surface area contributed by atoms with Crippen molar-refractivity contribution in [1.29, 1.82) is 0 Å². The third-order valence-corrected chi connectivity index (χ3v) is 5.58. The Labute approximate surface area is 145 Å². The fourth-order valence-corrected chi connectivity index (χ4v) is 4.02. The summed E-state index contributed by atoms with van der Waals surface area (Å²) in [6, 6.07) is 11.2. The Kier molecular flexibility index (Phi) is 6.27. The van der Waals surface area contributed by atoms with Gasteiger partial charge in [0, 0.05) is 37.6 Å². The number of likely N-dealkylation sites (tertiary alicyclic amines) is 1. The molecule has 2 unspecified atom stereocenters. The Bertz CT molecular complexity index is 511. The quantitative estimate of drug-likeness (QED) is 0.872. The van der Waals surface area contributed by atoms with Gasteiger partial charge in [0.15, 0.2) is 0 Å². The smallest absolute Gasteiger partial charge is 0.223 e. The summed E-state index contributed by atoms with van der Waals surface area (Å²) >= 11 is 0. The van der Waals surface area contributed by atoms with Crippen molar-refractivity contribution in [3.05, 3.63) is 35.9 Å². The van der Waals surface area contributed by atoms with Crippen LogP contribution in [0.3, 0.4) is 0 Å². The van der Waals surface area contributed by atoms with Crippen LogP contribution in [-0.4, -0.2) is 42.5 Å². The molecule has 0 aromatic heterocycles. The summed E-state index contributed by atoms with van der Waals surface area (Å²) in [5, 5.41) is 3.28. The van der Waals surface area contributed by atoms with Gasteiger partial charge in [0.25, 0.3) is 0 Å². The number of nitrogens with one attached hydrogen (secondary N) is 1. The maximum atomic E-state index is 12.4. The van der Waals surface area contributed by atoms with Crippen molar-refractivity contribution >= 4 is 5.91 Å². The number of carbonyl (C=O) groups excluding carboxylic acids is 1. The van der Waals surface area contributed by atoms with Crippen molar-refractivity contribution < 1.29 is 4.79 Å². The molecule has 2 atom stereocenters. The summed E-state index contributed by atoms with van der Waals surface area (Å²) in [7, 11) is 0. The Morgan fingerprint density at radius 3 is 2.58 bits per heavy atom. The van der Waals surface area contributed by atoms with E-state index in [4.69, 9.17) is 5.73 Å². The molecule has 3 rings (SSSR count). The number of benzene rings is 1. The second-order valence-electron chi connectivity index (χ2n) is 7.48. The zero-order valence-corrected chi connectivity index (χ0v) is 14.6. The number of amides is 1. The average molecular weight is 329 g/mol. The summed E-state index contributed by atoms with van der Waals surface area (Å²) in [6.07, 6.45) is 7.29. The fourth-order valence-electron chi connectivity index (χ4n) is 4.02. The molecular formula is C20H31N3O. The third-order valence-electron chi connectivity index (χ3n) is 5.58. The lowest BCUT2D eigenvalue weighted by Crippen LogP contribution is -2.47. The molecule has 1 aliphatic heterocycles. The summed E-state index contributed by atoms with van der Waals surface area (Å²) in [4.78, 5) is 14.9. The number of nitrogens with two attached hydrogens (primary N) is 1. The Morgan fingerprint density at radius 1 is 1.12 bits per heavy atom. The van der Waals surface area contributed by atoms with Crippen LogP contribution >= 0.6 is 0 Å². The van der Waals surface area contributed by atoms with Crippen LogP contribution in [0.2, 0.25) is 0 Å². The zero-order chi connectivity index (χ0) is 16.8. The van der Waals surface area contributed by atoms with Crippen LogP contribution in [0, 0.1) is 5.92 Å². The Balaban J connectivity index is 1.36. The van der Waals surface area contributed by atoms with Crippen molar-refractivity contribution in [1.82, 2.24) is 10.2 Å². The molecule has 1 saturated heterocycles. The van der Waals surface area contributed by atoms with E-state index in [9.17, 15) is 4.79 Å². The SMILES string of the molecule is NC1CCCC(C(=O)NC2CCN(CCc3ccccc3)CC2)C1. The highest BCUT2D eigenvalue weighted by atomic mass is 16.1. The van der Waals surface area contributed by atoms with Crippen LogP contribution in [-0.2, 0) is 11.2 Å². The van der Waals surface area contributed by atoms with Gasteiger partial charge in [-0.05, 0) is 44.1 Å². The lowest BCUT2D eigenvalue weighted by Gasteiger charge is -2.34. The molecule has 1 saturated carbocycles. The average Bonchev–Trinajstić information content (AvgIpc) is 2.62. The van der Waals surface area contributed by atoms with Gasteiger partial charge in [-0.25, -0.2) is 0 Å². The van der Waals surface area contributed by atoms with E-state index >= 15 is 0 Å². The topological polar surface area (TPSA) is 58.4 Å². The van der Waals surface area contributed by atoms with E-state index in [1.165, 1.54) is 5.56 Å². The highest BCUT2D eigenvalue weighted by Gasteiger charge is 2.28. The minimum Gasteiger partial charge on any atom is -0.353 e. The number of nitrogens with zero attached hydrogens (tertiary/aromatic N) is 1. The van der Waals surface area contributed by atoms with Crippen LogP contribution in [0.25, 0.3) is 0 Å². The first-order valence-corrected chi connectivity index (χ1v) is 9.53. The second-order valence-corrected chi connectivity index (χ2v) is 7.48. The second kappa shape index (κ2) is 8.63. The van der Waals surface area contributed by atoms with Gasteiger partial charge in [-0.3, -0.25) is 4.79 Å². The van der Waals surface area contributed by atoms with Crippen molar-refractivity contribution in [3.63, 3.8) is 0 Å². The zero-order valence-electron chi connectivity index (χ0n) is 14.6. The monoisotopic (exact) mass is 329 g/mol. The molecule has 1 aromatic carbocycles. The van der Waals surface area contributed by atoms with Gasteiger partial charge in [-0.2, -0.15) is 0 Å². The number of hydrogen-bond acceptors (Lipinski definition) is 3. The molecule has 132 valence electrons. The van der Waals surface area contributed by atoms with Gasteiger partial charge in [-0.1, -0.05) is 36.8 Å². The van der Waals surface area contributed by atoms with Crippen LogP contribution < -0.4 is 11.1 Å². The summed E-state index contributed by atoms with van der Waals surface area (Å²) < 4.78 is 0. The van der Waals surface area contributed by atoms with E-state index in [0.29, 0.717) is 6.04 Å². The highest BCUT2D eigenvalue weighted by Crippen LogP contribution is 2.24. The van der Waals surface area contributed by atoms with Gasteiger partial charge in [0.05, 0.1) is 0 Å². The van der Waals surface area contributed by atoms with E-state index in [-0.39, 0.29) is 17.9 Å². The molecule has 1 aliphatic carbocycles. The minimum atomic E-state index is 0.143. The van der Waals surface area contributed by atoms with Crippen molar-refractivity contribution in [2.45, 2.75) is 57.0 Å². The molecule has 3 N–H and O–H groups in total. The number of hydrogen-bond donors (Lipinski definition) is 2. The molecule has 1 aromatic rings. The summed E-state index contributed by atoms with van der Waals surface area (Å²) in [6.45, 7) is 3.28.